The van der Waals surface area contributed by atoms with Crippen molar-refractivity contribution in [1.29, 1.82) is 0 Å². The highest BCUT2D eigenvalue weighted by Gasteiger charge is 2.36. The number of hydrogen-bond acceptors (Lipinski definition) is 3. The molecule has 2 aliphatic rings. The van der Waals surface area contributed by atoms with Crippen molar-refractivity contribution < 1.29 is 4.79 Å². The van der Waals surface area contributed by atoms with Gasteiger partial charge in [-0.1, -0.05) is 91.3 Å². The van der Waals surface area contributed by atoms with E-state index in [1.165, 1.54) is 11.1 Å². The molecule has 1 heterocycles. The van der Waals surface area contributed by atoms with Gasteiger partial charge in [0.15, 0.2) is 5.78 Å². The lowest BCUT2D eigenvalue weighted by molar-refractivity contribution is -0.116. The van der Waals surface area contributed by atoms with Crippen molar-refractivity contribution >= 4 is 33.1 Å². The van der Waals surface area contributed by atoms with Crippen molar-refractivity contribution in [1.82, 2.24) is 0 Å². The Kier molecular flexibility index (Phi) is 5.65. The molecule has 3 aromatic carbocycles. The van der Waals surface area contributed by atoms with Gasteiger partial charge in [0.05, 0.1) is 17.4 Å². The average molecular weight is 501 g/mol. The topological polar surface area (TPSA) is 41.1 Å². The van der Waals surface area contributed by atoms with Crippen LogP contribution in [0.3, 0.4) is 0 Å². The van der Waals surface area contributed by atoms with Crippen LogP contribution < -0.4 is 10.6 Å². The van der Waals surface area contributed by atoms with Crippen LogP contribution in [0.4, 0.5) is 11.4 Å². The number of nitrogens with one attached hydrogen (secondary N) is 2. The summed E-state index contributed by atoms with van der Waals surface area (Å²) in [4.78, 5) is 13.7. The zero-order chi connectivity index (χ0) is 23.2. The van der Waals surface area contributed by atoms with Gasteiger partial charge in [0.25, 0.3) is 0 Å². The molecule has 0 radical (unpaired) electrons. The van der Waals surface area contributed by atoms with E-state index in [2.05, 4.69) is 89.8 Å². The molecule has 0 aromatic heterocycles. The minimum absolute atomic E-state index is 0.116. The van der Waals surface area contributed by atoms with Gasteiger partial charge in [-0.25, -0.2) is 0 Å². The maximum absolute atomic E-state index is 13.7. The highest BCUT2D eigenvalue weighted by atomic mass is 79.9. The standard InChI is InChI=1S/C29H29BrN2O/c1-29(2,3)20-14-12-18(13-15-20)19-16-25-27(26(33)17-19)28(21-8-4-5-9-22(21)30)32-24-11-7-6-10-23(24)31-25/h4-15,19,28,31-32H,16-17H2,1-3H3. The predicted molar refractivity (Wildman–Crippen MR) is 140 cm³/mol. The van der Waals surface area contributed by atoms with Gasteiger partial charge in [-0.2, -0.15) is 0 Å². The van der Waals surface area contributed by atoms with Crippen LogP contribution in [0.25, 0.3) is 0 Å². The Bertz CT molecular complexity index is 1240. The number of para-hydroxylation sites is 2. The number of ketones is 1. The molecule has 3 nitrogen and oxygen atoms in total. The van der Waals surface area contributed by atoms with E-state index in [9.17, 15) is 4.79 Å². The number of carbonyl (C=O) groups excluding carboxylic acids is 1. The predicted octanol–water partition coefficient (Wildman–Crippen LogP) is 7.73. The van der Waals surface area contributed by atoms with Crippen molar-refractivity contribution in [3.8, 4) is 0 Å². The fourth-order valence-corrected chi connectivity index (χ4v) is 5.44. The van der Waals surface area contributed by atoms with E-state index in [0.717, 1.165) is 39.1 Å². The maximum Gasteiger partial charge on any atom is 0.163 e. The second kappa shape index (κ2) is 8.49. The van der Waals surface area contributed by atoms with Crippen molar-refractivity contribution in [3.05, 3.63) is 105 Å². The van der Waals surface area contributed by atoms with Crippen LogP contribution in [-0.2, 0) is 10.2 Å². The van der Waals surface area contributed by atoms with Crippen LogP contribution >= 0.6 is 15.9 Å². The van der Waals surface area contributed by atoms with Crippen molar-refractivity contribution in [3.63, 3.8) is 0 Å². The molecule has 3 aromatic rings. The fraction of sp³-hybridized carbons (Fsp3) is 0.276. The largest absolute Gasteiger partial charge is 0.372 e. The number of carbonyl (C=O) groups is 1. The Morgan fingerprint density at radius 1 is 0.848 bits per heavy atom. The fourth-order valence-electron chi connectivity index (χ4n) is 4.93. The third kappa shape index (κ3) is 4.24. The number of halogens is 1. The van der Waals surface area contributed by atoms with E-state index in [0.29, 0.717) is 6.42 Å². The number of fused-ring (bicyclic) bond motifs is 1. The van der Waals surface area contributed by atoms with Gasteiger partial charge >= 0.3 is 0 Å². The summed E-state index contributed by atoms with van der Waals surface area (Å²) in [7, 11) is 0. The molecule has 2 atom stereocenters. The van der Waals surface area contributed by atoms with Crippen molar-refractivity contribution in [2.75, 3.05) is 10.6 Å². The Morgan fingerprint density at radius 3 is 2.21 bits per heavy atom. The highest BCUT2D eigenvalue weighted by molar-refractivity contribution is 9.10. The van der Waals surface area contributed by atoms with E-state index in [1.807, 2.05) is 30.3 Å². The van der Waals surface area contributed by atoms with E-state index in [-0.39, 0.29) is 23.2 Å². The molecule has 1 aliphatic carbocycles. The zero-order valence-electron chi connectivity index (χ0n) is 19.3. The third-order valence-corrected chi connectivity index (χ3v) is 7.50. The Labute approximate surface area is 204 Å². The first kappa shape index (κ1) is 22.0. The van der Waals surface area contributed by atoms with E-state index in [4.69, 9.17) is 0 Å². The molecule has 4 heteroatoms. The number of allylic oxidation sites excluding steroid dienone is 1. The van der Waals surface area contributed by atoms with Crippen LogP contribution in [0.15, 0.2) is 88.5 Å². The molecule has 0 bridgehead atoms. The van der Waals surface area contributed by atoms with Gasteiger partial charge in [-0.15, -0.1) is 0 Å². The van der Waals surface area contributed by atoms with Gasteiger partial charge in [-0.05, 0) is 52.6 Å². The molecule has 5 rings (SSSR count). The molecule has 0 fully saturated rings. The van der Waals surface area contributed by atoms with Crippen LogP contribution in [-0.4, -0.2) is 5.78 Å². The molecule has 168 valence electrons. The zero-order valence-corrected chi connectivity index (χ0v) is 20.9. The van der Waals surface area contributed by atoms with Gasteiger partial charge < -0.3 is 10.6 Å². The van der Waals surface area contributed by atoms with Crippen molar-refractivity contribution in [2.24, 2.45) is 0 Å². The molecule has 0 amide bonds. The third-order valence-electron chi connectivity index (χ3n) is 6.77. The quantitative estimate of drug-likeness (QED) is 0.378. The summed E-state index contributed by atoms with van der Waals surface area (Å²) in [5, 5.41) is 7.28. The summed E-state index contributed by atoms with van der Waals surface area (Å²) in [5.74, 6) is 0.373. The minimum Gasteiger partial charge on any atom is -0.372 e. The number of anilines is 2. The summed E-state index contributed by atoms with van der Waals surface area (Å²) in [5.41, 5.74) is 7.62. The van der Waals surface area contributed by atoms with E-state index in [1.54, 1.807) is 0 Å². The molecule has 33 heavy (non-hydrogen) atoms. The Balaban J connectivity index is 1.56. The lowest BCUT2D eigenvalue weighted by Gasteiger charge is -2.30. The normalized spacial score (nSPS) is 20.3. The number of benzene rings is 3. The monoisotopic (exact) mass is 500 g/mol. The molecule has 0 saturated heterocycles. The van der Waals surface area contributed by atoms with Crippen LogP contribution in [0.2, 0.25) is 0 Å². The Hall–Kier alpha value is -2.85. The smallest absolute Gasteiger partial charge is 0.163 e. The summed E-state index contributed by atoms with van der Waals surface area (Å²) < 4.78 is 1.00. The number of Topliss-reactive ketones (excluding diaryl/α,β-unsaturated/α-hetero) is 1. The molecule has 0 saturated carbocycles. The lowest BCUT2D eigenvalue weighted by atomic mass is 9.77. The van der Waals surface area contributed by atoms with Gasteiger partial charge in [0.1, 0.15) is 0 Å². The number of rotatable bonds is 2. The summed E-state index contributed by atoms with van der Waals surface area (Å²) in [6.45, 7) is 6.68. The lowest BCUT2D eigenvalue weighted by Crippen LogP contribution is -2.27. The number of hydrogen-bond donors (Lipinski definition) is 2. The first-order valence-electron chi connectivity index (χ1n) is 11.5. The minimum atomic E-state index is -0.205. The molecule has 1 aliphatic heterocycles. The Morgan fingerprint density at radius 2 is 1.52 bits per heavy atom. The van der Waals surface area contributed by atoms with E-state index < -0.39 is 0 Å². The second-order valence-corrected chi connectivity index (χ2v) is 10.9. The summed E-state index contributed by atoms with van der Waals surface area (Å²) in [6, 6.07) is 25.0. The van der Waals surface area contributed by atoms with Crippen LogP contribution in [0.5, 0.6) is 0 Å². The van der Waals surface area contributed by atoms with Gasteiger partial charge in [-0.3, -0.25) is 4.79 Å². The van der Waals surface area contributed by atoms with Crippen molar-refractivity contribution in [2.45, 2.75) is 51.0 Å². The molecular weight excluding hydrogens is 472 g/mol. The second-order valence-electron chi connectivity index (χ2n) is 10.1. The maximum atomic E-state index is 13.7. The first-order valence-corrected chi connectivity index (χ1v) is 12.3. The molecule has 2 N–H and O–H groups in total. The summed E-state index contributed by atoms with van der Waals surface area (Å²) in [6.07, 6.45) is 1.33. The van der Waals surface area contributed by atoms with Crippen LogP contribution in [0, 0.1) is 0 Å². The van der Waals surface area contributed by atoms with Gasteiger partial charge in [0, 0.05) is 22.2 Å². The molecule has 0 spiro atoms. The SMILES string of the molecule is CC(C)(C)c1ccc(C2CC(=O)C3=C(C2)Nc2ccccc2NC3c2ccccc2Br)cc1. The first-order chi connectivity index (χ1) is 15.8. The average Bonchev–Trinajstić information content (AvgIpc) is 2.95. The molecular formula is C29H29BrN2O. The van der Waals surface area contributed by atoms with Gasteiger partial charge in [0.2, 0.25) is 0 Å². The highest BCUT2D eigenvalue weighted by Crippen LogP contribution is 2.45. The summed E-state index contributed by atoms with van der Waals surface area (Å²) >= 11 is 3.71. The molecule has 2 unspecified atom stereocenters. The van der Waals surface area contributed by atoms with E-state index >= 15 is 0 Å². The van der Waals surface area contributed by atoms with Crippen LogP contribution in [0.1, 0.15) is 62.3 Å².